The predicted octanol–water partition coefficient (Wildman–Crippen LogP) is 6.15. The fourth-order valence-corrected chi connectivity index (χ4v) is 4.16. The number of methoxy groups -OCH3 is 1. The molecule has 0 radical (unpaired) electrons. The maximum Gasteiger partial charge on any atom is 0.300 e. The van der Waals surface area contributed by atoms with Gasteiger partial charge in [-0.15, -0.1) is 0 Å². The average molecular weight is 510 g/mol. The number of hydrogen-bond donors (Lipinski definition) is 1. The first-order valence-corrected chi connectivity index (χ1v) is 11.7. The molecule has 1 fully saturated rings. The molecular weight excluding hydrogens is 485 g/mol. The number of aliphatic hydroxyl groups excluding tert-OH is 1. The van der Waals surface area contributed by atoms with Crippen molar-refractivity contribution in [2.24, 2.45) is 5.92 Å². The van der Waals surface area contributed by atoms with Gasteiger partial charge in [0, 0.05) is 11.3 Å². The third-order valence-electron chi connectivity index (χ3n) is 5.75. The molecule has 3 aromatic carbocycles. The molecular formula is C28H25ClFNO5. The summed E-state index contributed by atoms with van der Waals surface area (Å²) in [6, 6.07) is 16.2. The van der Waals surface area contributed by atoms with Crippen LogP contribution in [0.4, 0.5) is 10.1 Å². The molecule has 1 N–H and O–H groups in total. The number of halogens is 2. The standard InChI is InChI=1S/C28H25ClFNO5/c1-16(2)15-36-21-6-4-5-18(13-21)26(32)24-25(17-7-10-20(35-3)11-8-17)31(28(34)27(24)33)19-9-12-23(30)22(29)14-19/h4-14,16,25,32H,15H2,1-3H3/b26-24+. The number of ether oxygens (including phenoxy) is 2. The number of Topliss-reactive ketones (excluding diaryl/α,β-unsaturated/α-hetero) is 1. The van der Waals surface area contributed by atoms with E-state index in [1.165, 1.54) is 24.1 Å². The Bertz CT molecular complexity index is 1340. The minimum atomic E-state index is -0.988. The molecule has 1 amide bonds. The van der Waals surface area contributed by atoms with Gasteiger partial charge in [-0.05, 0) is 53.9 Å². The molecule has 0 aromatic heterocycles. The second-order valence-electron chi connectivity index (χ2n) is 8.77. The molecule has 1 unspecified atom stereocenters. The van der Waals surface area contributed by atoms with Gasteiger partial charge in [0.15, 0.2) is 0 Å². The van der Waals surface area contributed by atoms with Gasteiger partial charge in [-0.2, -0.15) is 0 Å². The minimum Gasteiger partial charge on any atom is -0.507 e. The first kappa shape index (κ1) is 25.3. The van der Waals surface area contributed by atoms with Gasteiger partial charge in [-0.1, -0.05) is 49.7 Å². The van der Waals surface area contributed by atoms with Gasteiger partial charge in [0.2, 0.25) is 0 Å². The molecule has 0 bridgehead atoms. The number of carbonyl (C=O) groups excluding carboxylic acids is 2. The smallest absolute Gasteiger partial charge is 0.300 e. The number of amides is 1. The molecule has 6 nitrogen and oxygen atoms in total. The SMILES string of the molecule is COc1ccc(C2/C(=C(\O)c3cccc(OCC(C)C)c3)C(=O)C(=O)N2c2ccc(F)c(Cl)c2)cc1. The Balaban J connectivity index is 1.87. The molecule has 3 aromatic rings. The predicted molar refractivity (Wildman–Crippen MR) is 136 cm³/mol. The number of rotatable bonds is 7. The lowest BCUT2D eigenvalue weighted by molar-refractivity contribution is -0.132. The first-order valence-electron chi connectivity index (χ1n) is 11.3. The quantitative estimate of drug-likeness (QED) is 0.235. The number of hydrogen-bond acceptors (Lipinski definition) is 5. The van der Waals surface area contributed by atoms with Crippen molar-refractivity contribution in [1.82, 2.24) is 0 Å². The second-order valence-corrected chi connectivity index (χ2v) is 9.18. The van der Waals surface area contributed by atoms with Crippen LogP contribution >= 0.6 is 11.6 Å². The van der Waals surface area contributed by atoms with E-state index in [0.29, 0.717) is 35.2 Å². The zero-order valence-corrected chi connectivity index (χ0v) is 20.8. The first-order chi connectivity index (χ1) is 17.2. The molecule has 8 heteroatoms. The summed E-state index contributed by atoms with van der Waals surface area (Å²) in [5.74, 6) is -1.35. The molecule has 1 aliphatic rings. The van der Waals surface area contributed by atoms with Gasteiger partial charge in [0.25, 0.3) is 11.7 Å². The molecule has 1 saturated heterocycles. The molecule has 186 valence electrons. The summed E-state index contributed by atoms with van der Waals surface area (Å²) in [5, 5.41) is 11.1. The summed E-state index contributed by atoms with van der Waals surface area (Å²) in [5.41, 5.74) is 0.984. The molecule has 4 rings (SSSR count). The lowest BCUT2D eigenvalue weighted by Crippen LogP contribution is -2.29. The number of ketones is 1. The van der Waals surface area contributed by atoms with Crippen molar-refractivity contribution in [2.75, 3.05) is 18.6 Å². The second kappa shape index (κ2) is 10.4. The lowest BCUT2D eigenvalue weighted by atomic mass is 9.95. The maximum atomic E-state index is 13.9. The molecule has 0 saturated carbocycles. The third-order valence-corrected chi connectivity index (χ3v) is 6.04. The highest BCUT2D eigenvalue weighted by Crippen LogP contribution is 2.43. The Morgan fingerprint density at radius 1 is 1.06 bits per heavy atom. The van der Waals surface area contributed by atoms with E-state index in [1.54, 1.807) is 48.5 Å². The van der Waals surface area contributed by atoms with E-state index in [4.69, 9.17) is 21.1 Å². The van der Waals surface area contributed by atoms with E-state index in [1.807, 2.05) is 13.8 Å². The van der Waals surface area contributed by atoms with Crippen LogP contribution in [0.3, 0.4) is 0 Å². The fourth-order valence-electron chi connectivity index (χ4n) is 3.99. The topological polar surface area (TPSA) is 76.1 Å². The number of carbonyl (C=O) groups is 2. The number of benzene rings is 3. The number of aliphatic hydroxyl groups is 1. The summed E-state index contributed by atoms with van der Waals surface area (Å²) in [6.07, 6.45) is 0. The van der Waals surface area contributed by atoms with Gasteiger partial charge in [0.1, 0.15) is 23.1 Å². The van der Waals surface area contributed by atoms with Crippen molar-refractivity contribution in [1.29, 1.82) is 0 Å². The Morgan fingerprint density at radius 2 is 1.78 bits per heavy atom. The van der Waals surface area contributed by atoms with Crippen molar-refractivity contribution in [3.05, 3.63) is 94.3 Å². The van der Waals surface area contributed by atoms with E-state index in [2.05, 4.69) is 0 Å². The summed E-state index contributed by atoms with van der Waals surface area (Å²) in [7, 11) is 1.52. The third kappa shape index (κ3) is 4.93. The Morgan fingerprint density at radius 3 is 2.42 bits per heavy atom. The largest absolute Gasteiger partial charge is 0.507 e. The monoisotopic (exact) mass is 509 g/mol. The highest BCUT2D eigenvalue weighted by Gasteiger charge is 2.47. The fraction of sp³-hybridized carbons (Fsp3) is 0.214. The van der Waals surface area contributed by atoms with E-state index in [-0.39, 0.29) is 22.0 Å². The normalized spacial score (nSPS) is 17.1. The highest BCUT2D eigenvalue weighted by molar-refractivity contribution is 6.51. The number of anilines is 1. The van der Waals surface area contributed by atoms with Gasteiger partial charge in [-0.25, -0.2) is 4.39 Å². The average Bonchev–Trinajstić information content (AvgIpc) is 3.14. The summed E-state index contributed by atoms with van der Waals surface area (Å²) >= 11 is 5.98. The maximum absolute atomic E-state index is 13.9. The van der Waals surface area contributed by atoms with Crippen LogP contribution in [0.2, 0.25) is 5.02 Å². The molecule has 0 aliphatic carbocycles. The van der Waals surface area contributed by atoms with Crippen LogP contribution in [0.25, 0.3) is 5.76 Å². The van der Waals surface area contributed by atoms with Gasteiger partial charge >= 0.3 is 0 Å². The van der Waals surface area contributed by atoms with Crippen LogP contribution in [0.1, 0.15) is 31.0 Å². The van der Waals surface area contributed by atoms with E-state index in [0.717, 1.165) is 6.07 Å². The zero-order chi connectivity index (χ0) is 26.0. The van der Waals surface area contributed by atoms with Crippen LogP contribution < -0.4 is 14.4 Å². The summed E-state index contributed by atoms with van der Waals surface area (Å²) in [6.45, 7) is 4.51. The van der Waals surface area contributed by atoms with E-state index >= 15 is 0 Å². The Hall–Kier alpha value is -3.84. The van der Waals surface area contributed by atoms with E-state index in [9.17, 15) is 19.1 Å². The van der Waals surface area contributed by atoms with Gasteiger partial charge in [-0.3, -0.25) is 14.5 Å². The van der Waals surface area contributed by atoms with Crippen molar-refractivity contribution < 1.29 is 28.6 Å². The molecule has 0 spiro atoms. The van der Waals surface area contributed by atoms with Crippen LogP contribution in [-0.2, 0) is 9.59 Å². The molecule has 1 heterocycles. The number of nitrogens with zero attached hydrogens (tertiary/aromatic N) is 1. The van der Waals surface area contributed by atoms with Crippen LogP contribution in [0.15, 0.2) is 72.3 Å². The van der Waals surface area contributed by atoms with Crippen LogP contribution in [0.5, 0.6) is 11.5 Å². The molecule has 1 atom stereocenters. The Labute approximate surface area is 213 Å². The van der Waals surface area contributed by atoms with Crippen molar-refractivity contribution in [2.45, 2.75) is 19.9 Å². The van der Waals surface area contributed by atoms with Crippen LogP contribution in [-0.4, -0.2) is 30.5 Å². The van der Waals surface area contributed by atoms with Crippen LogP contribution in [0, 0.1) is 11.7 Å². The minimum absolute atomic E-state index is 0.105. The summed E-state index contributed by atoms with van der Waals surface area (Å²) in [4.78, 5) is 27.7. The van der Waals surface area contributed by atoms with Gasteiger partial charge in [0.05, 0.1) is 30.4 Å². The highest BCUT2D eigenvalue weighted by atomic mass is 35.5. The molecule has 1 aliphatic heterocycles. The van der Waals surface area contributed by atoms with Crippen molar-refractivity contribution in [3.8, 4) is 11.5 Å². The molecule has 36 heavy (non-hydrogen) atoms. The summed E-state index contributed by atoms with van der Waals surface area (Å²) < 4.78 is 24.9. The van der Waals surface area contributed by atoms with Gasteiger partial charge < -0.3 is 14.6 Å². The lowest BCUT2D eigenvalue weighted by Gasteiger charge is -2.25. The van der Waals surface area contributed by atoms with Crippen molar-refractivity contribution in [3.63, 3.8) is 0 Å². The van der Waals surface area contributed by atoms with E-state index < -0.39 is 23.5 Å². The zero-order valence-electron chi connectivity index (χ0n) is 20.0. The van der Waals surface area contributed by atoms with Crippen molar-refractivity contribution >= 4 is 34.7 Å². The Kier molecular flexibility index (Phi) is 7.31.